The molecule has 1 aromatic heterocycles. The van der Waals surface area contributed by atoms with Gasteiger partial charge in [-0.3, -0.25) is 0 Å². The van der Waals surface area contributed by atoms with Crippen molar-refractivity contribution in [3.63, 3.8) is 0 Å². The standard InChI is InChI=1S/C14H17N3O4/c1-20-14(19)13-8-17(16-15-13)7-12(18)10-21-9-11-5-3-2-4-6-11/h2-6,8,12,18H,7,9-10H2,1H3. The molecule has 1 atom stereocenters. The van der Waals surface area contributed by atoms with E-state index in [1.165, 1.54) is 18.0 Å². The average molecular weight is 291 g/mol. The highest BCUT2D eigenvalue weighted by Crippen LogP contribution is 2.02. The Morgan fingerprint density at radius 3 is 2.86 bits per heavy atom. The van der Waals surface area contributed by atoms with Gasteiger partial charge < -0.3 is 14.6 Å². The van der Waals surface area contributed by atoms with E-state index in [-0.39, 0.29) is 18.8 Å². The van der Waals surface area contributed by atoms with E-state index in [1.54, 1.807) is 0 Å². The first-order chi connectivity index (χ1) is 10.2. The average Bonchev–Trinajstić information content (AvgIpc) is 2.96. The fraction of sp³-hybridized carbons (Fsp3) is 0.357. The van der Waals surface area contributed by atoms with Crippen LogP contribution in [0.4, 0.5) is 0 Å². The highest BCUT2D eigenvalue weighted by atomic mass is 16.5. The summed E-state index contributed by atoms with van der Waals surface area (Å²) in [6.07, 6.45) is 0.688. The van der Waals surface area contributed by atoms with Gasteiger partial charge in [0, 0.05) is 0 Å². The van der Waals surface area contributed by atoms with Gasteiger partial charge >= 0.3 is 5.97 Å². The second-order valence-corrected chi connectivity index (χ2v) is 4.47. The van der Waals surface area contributed by atoms with Gasteiger partial charge in [0.15, 0.2) is 5.69 Å². The topological polar surface area (TPSA) is 86.5 Å². The molecule has 1 aromatic carbocycles. The lowest BCUT2D eigenvalue weighted by molar-refractivity contribution is 0.0184. The summed E-state index contributed by atoms with van der Waals surface area (Å²) in [7, 11) is 1.27. The highest BCUT2D eigenvalue weighted by Gasteiger charge is 2.13. The van der Waals surface area contributed by atoms with Gasteiger partial charge in [-0.05, 0) is 5.56 Å². The van der Waals surface area contributed by atoms with Gasteiger partial charge in [-0.2, -0.15) is 0 Å². The summed E-state index contributed by atoms with van der Waals surface area (Å²) < 4.78 is 11.3. The van der Waals surface area contributed by atoms with Crippen molar-refractivity contribution in [3.8, 4) is 0 Å². The first kappa shape index (κ1) is 15.1. The Morgan fingerprint density at radius 2 is 2.14 bits per heavy atom. The van der Waals surface area contributed by atoms with Gasteiger partial charge in [-0.25, -0.2) is 9.48 Å². The number of benzene rings is 1. The molecular formula is C14H17N3O4. The molecule has 1 unspecified atom stereocenters. The van der Waals surface area contributed by atoms with Crippen LogP contribution in [0.1, 0.15) is 16.1 Å². The number of methoxy groups -OCH3 is 1. The second-order valence-electron chi connectivity index (χ2n) is 4.47. The van der Waals surface area contributed by atoms with E-state index in [0.29, 0.717) is 6.61 Å². The minimum absolute atomic E-state index is 0.106. The van der Waals surface area contributed by atoms with Crippen LogP contribution in [-0.2, 0) is 22.6 Å². The van der Waals surface area contributed by atoms with Crippen molar-refractivity contribution in [2.45, 2.75) is 19.3 Å². The fourth-order valence-electron chi connectivity index (χ4n) is 1.74. The summed E-state index contributed by atoms with van der Waals surface area (Å²) in [5.74, 6) is -0.559. The maximum absolute atomic E-state index is 11.2. The summed E-state index contributed by atoms with van der Waals surface area (Å²) in [5.41, 5.74) is 1.15. The predicted octanol–water partition coefficient (Wildman–Crippen LogP) is 0.642. The number of nitrogens with zero attached hydrogens (tertiary/aromatic N) is 3. The molecule has 7 nitrogen and oxygen atoms in total. The zero-order chi connectivity index (χ0) is 15.1. The molecule has 2 rings (SSSR count). The van der Waals surface area contributed by atoms with Crippen molar-refractivity contribution in [3.05, 3.63) is 47.8 Å². The molecule has 2 aromatic rings. The molecule has 0 bridgehead atoms. The van der Waals surface area contributed by atoms with E-state index in [1.807, 2.05) is 30.3 Å². The number of aromatic nitrogens is 3. The summed E-state index contributed by atoms with van der Waals surface area (Å²) in [4.78, 5) is 11.2. The smallest absolute Gasteiger partial charge is 0.360 e. The van der Waals surface area contributed by atoms with Crippen molar-refractivity contribution in [2.24, 2.45) is 0 Å². The molecule has 0 amide bonds. The maximum Gasteiger partial charge on any atom is 0.360 e. The minimum Gasteiger partial charge on any atom is -0.464 e. The molecule has 0 saturated heterocycles. The zero-order valence-electron chi connectivity index (χ0n) is 11.7. The van der Waals surface area contributed by atoms with Crippen LogP contribution in [0.25, 0.3) is 0 Å². The normalized spacial score (nSPS) is 12.1. The molecule has 0 fully saturated rings. The quantitative estimate of drug-likeness (QED) is 0.753. The molecule has 1 heterocycles. The highest BCUT2D eigenvalue weighted by molar-refractivity contribution is 5.86. The van der Waals surface area contributed by atoms with E-state index in [0.717, 1.165) is 5.56 Å². The molecule has 21 heavy (non-hydrogen) atoms. The van der Waals surface area contributed by atoms with Gasteiger partial charge in [0.2, 0.25) is 0 Å². The van der Waals surface area contributed by atoms with Crippen LogP contribution in [-0.4, -0.2) is 45.9 Å². The Morgan fingerprint density at radius 1 is 1.38 bits per heavy atom. The SMILES string of the molecule is COC(=O)c1cn(CC(O)COCc2ccccc2)nn1. The number of ether oxygens (including phenoxy) is 2. The van der Waals surface area contributed by atoms with Crippen LogP contribution in [0.3, 0.4) is 0 Å². The van der Waals surface area contributed by atoms with Crippen molar-refractivity contribution in [1.29, 1.82) is 0 Å². The van der Waals surface area contributed by atoms with Crippen molar-refractivity contribution in [2.75, 3.05) is 13.7 Å². The Bertz CT molecular complexity index is 571. The molecule has 112 valence electrons. The first-order valence-corrected chi connectivity index (χ1v) is 6.47. The van der Waals surface area contributed by atoms with Crippen molar-refractivity contribution in [1.82, 2.24) is 15.0 Å². The summed E-state index contributed by atoms with van der Waals surface area (Å²) >= 11 is 0. The Labute approximate surface area is 122 Å². The number of rotatable bonds is 7. The van der Waals surface area contributed by atoms with Crippen LogP contribution in [0.5, 0.6) is 0 Å². The van der Waals surface area contributed by atoms with Gasteiger partial charge in [-0.15, -0.1) is 5.10 Å². The number of hydrogen-bond donors (Lipinski definition) is 1. The lowest BCUT2D eigenvalue weighted by Gasteiger charge is -2.10. The molecule has 0 radical (unpaired) electrons. The van der Waals surface area contributed by atoms with Gasteiger partial charge in [-0.1, -0.05) is 35.5 Å². The van der Waals surface area contributed by atoms with Crippen LogP contribution >= 0.6 is 0 Å². The third-order valence-corrected chi connectivity index (χ3v) is 2.75. The number of carbonyl (C=O) groups excluding carboxylic acids is 1. The molecule has 0 spiro atoms. The van der Waals surface area contributed by atoms with Crippen LogP contribution in [0.15, 0.2) is 36.5 Å². The van der Waals surface area contributed by atoms with Crippen LogP contribution in [0, 0.1) is 0 Å². The molecule has 0 saturated carbocycles. The van der Waals surface area contributed by atoms with Gasteiger partial charge in [0.25, 0.3) is 0 Å². The largest absolute Gasteiger partial charge is 0.464 e. The summed E-state index contributed by atoms with van der Waals surface area (Å²) in [6, 6.07) is 9.69. The zero-order valence-corrected chi connectivity index (χ0v) is 11.7. The van der Waals surface area contributed by atoms with E-state index >= 15 is 0 Å². The monoisotopic (exact) mass is 291 g/mol. The van der Waals surface area contributed by atoms with Gasteiger partial charge in [0.1, 0.15) is 0 Å². The maximum atomic E-state index is 11.2. The second kappa shape index (κ2) is 7.51. The first-order valence-electron chi connectivity index (χ1n) is 6.47. The molecule has 0 aliphatic carbocycles. The molecule has 7 heteroatoms. The minimum atomic E-state index is -0.735. The summed E-state index contributed by atoms with van der Waals surface area (Å²) in [6.45, 7) is 0.795. The number of esters is 1. The number of aliphatic hydroxyl groups is 1. The Hall–Kier alpha value is -2.25. The van der Waals surface area contributed by atoms with Crippen LogP contribution in [0.2, 0.25) is 0 Å². The Balaban J connectivity index is 1.75. The number of hydrogen-bond acceptors (Lipinski definition) is 6. The summed E-state index contributed by atoms with van der Waals surface area (Å²) in [5, 5.41) is 17.3. The third kappa shape index (κ3) is 4.66. The number of aliphatic hydroxyl groups excluding tert-OH is 1. The van der Waals surface area contributed by atoms with Gasteiger partial charge in [0.05, 0.1) is 39.2 Å². The molecule has 1 N–H and O–H groups in total. The Kier molecular flexibility index (Phi) is 5.42. The lowest BCUT2D eigenvalue weighted by Crippen LogP contribution is -2.22. The fourth-order valence-corrected chi connectivity index (χ4v) is 1.74. The third-order valence-electron chi connectivity index (χ3n) is 2.75. The van der Waals surface area contributed by atoms with Crippen molar-refractivity contribution < 1.29 is 19.4 Å². The lowest BCUT2D eigenvalue weighted by atomic mass is 10.2. The van der Waals surface area contributed by atoms with E-state index in [2.05, 4.69) is 15.0 Å². The predicted molar refractivity (Wildman–Crippen MR) is 73.5 cm³/mol. The van der Waals surface area contributed by atoms with Crippen molar-refractivity contribution >= 4 is 5.97 Å². The molecule has 0 aliphatic rings. The van der Waals surface area contributed by atoms with E-state index in [4.69, 9.17) is 4.74 Å². The molecular weight excluding hydrogens is 274 g/mol. The molecule has 0 aliphatic heterocycles. The van der Waals surface area contributed by atoms with E-state index < -0.39 is 12.1 Å². The number of carbonyl (C=O) groups is 1. The van der Waals surface area contributed by atoms with E-state index in [9.17, 15) is 9.90 Å². The van der Waals surface area contributed by atoms with Crippen LogP contribution < -0.4 is 0 Å².